The summed E-state index contributed by atoms with van der Waals surface area (Å²) in [5, 5.41) is 13.5. The number of thioether (sulfide) groups is 1. The highest BCUT2D eigenvalue weighted by Crippen LogP contribution is 2.36. The van der Waals surface area contributed by atoms with Crippen molar-refractivity contribution in [3.8, 4) is 5.75 Å². The van der Waals surface area contributed by atoms with Gasteiger partial charge in [0.1, 0.15) is 5.75 Å². The van der Waals surface area contributed by atoms with Crippen LogP contribution in [0.5, 0.6) is 5.75 Å². The summed E-state index contributed by atoms with van der Waals surface area (Å²) in [6, 6.07) is 6.82. The largest absolute Gasteiger partial charge is 0.508 e. The van der Waals surface area contributed by atoms with Gasteiger partial charge < -0.3 is 10.4 Å². The number of aromatic hydroxyl groups is 1. The Kier molecular flexibility index (Phi) is 4.35. The van der Waals surface area contributed by atoms with Gasteiger partial charge in [-0.25, -0.2) is 0 Å². The SMILES string of the molecule is CCSCC(C)NC1CCc2c(O)cccc21. The molecule has 1 aromatic rings. The molecule has 0 amide bonds. The van der Waals surface area contributed by atoms with Crippen LogP contribution in [0.1, 0.15) is 37.4 Å². The van der Waals surface area contributed by atoms with Gasteiger partial charge in [0.05, 0.1) is 0 Å². The normalized spacial score (nSPS) is 20.2. The number of hydrogen-bond acceptors (Lipinski definition) is 3. The monoisotopic (exact) mass is 251 g/mol. The number of phenolic OH excluding ortho intramolecular Hbond substituents is 1. The summed E-state index contributed by atoms with van der Waals surface area (Å²) in [6.07, 6.45) is 2.10. The van der Waals surface area contributed by atoms with Crippen LogP contribution in [0.25, 0.3) is 0 Å². The Morgan fingerprint density at radius 1 is 1.53 bits per heavy atom. The molecule has 3 heteroatoms. The maximum atomic E-state index is 9.79. The molecule has 0 aromatic heterocycles. The fourth-order valence-corrected chi connectivity index (χ4v) is 3.18. The van der Waals surface area contributed by atoms with Crippen molar-refractivity contribution in [1.82, 2.24) is 5.32 Å². The summed E-state index contributed by atoms with van der Waals surface area (Å²) in [5.41, 5.74) is 2.43. The van der Waals surface area contributed by atoms with Gasteiger partial charge in [-0.3, -0.25) is 0 Å². The third-order valence-corrected chi connectivity index (χ3v) is 4.45. The Labute approximate surface area is 108 Å². The quantitative estimate of drug-likeness (QED) is 0.843. The molecule has 0 fully saturated rings. The van der Waals surface area contributed by atoms with Gasteiger partial charge in [-0.05, 0) is 42.7 Å². The Morgan fingerprint density at radius 2 is 2.35 bits per heavy atom. The Hall–Kier alpha value is -0.670. The molecule has 1 aliphatic carbocycles. The first-order chi connectivity index (χ1) is 8.22. The highest BCUT2D eigenvalue weighted by Gasteiger charge is 2.25. The minimum Gasteiger partial charge on any atom is -0.508 e. The second kappa shape index (κ2) is 5.78. The Bertz CT molecular complexity index is 380. The van der Waals surface area contributed by atoms with Gasteiger partial charge in [0.15, 0.2) is 0 Å². The van der Waals surface area contributed by atoms with Crippen LogP contribution in [-0.2, 0) is 6.42 Å². The molecule has 0 bridgehead atoms. The van der Waals surface area contributed by atoms with Crippen molar-refractivity contribution in [3.63, 3.8) is 0 Å². The van der Waals surface area contributed by atoms with Gasteiger partial charge in [-0.2, -0.15) is 11.8 Å². The molecule has 0 spiro atoms. The lowest BCUT2D eigenvalue weighted by atomic mass is 10.1. The van der Waals surface area contributed by atoms with Gasteiger partial charge in [0.25, 0.3) is 0 Å². The second-order valence-corrected chi connectivity index (χ2v) is 5.98. The predicted molar refractivity (Wildman–Crippen MR) is 74.8 cm³/mol. The predicted octanol–water partition coefficient (Wildman–Crippen LogP) is 3.11. The number of benzene rings is 1. The molecule has 0 radical (unpaired) electrons. The van der Waals surface area contributed by atoms with E-state index in [0.717, 1.165) is 24.2 Å². The average molecular weight is 251 g/mol. The van der Waals surface area contributed by atoms with Crippen LogP contribution < -0.4 is 5.32 Å². The number of phenols is 1. The zero-order valence-corrected chi connectivity index (χ0v) is 11.4. The zero-order valence-electron chi connectivity index (χ0n) is 10.6. The van der Waals surface area contributed by atoms with Gasteiger partial charge in [0.2, 0.25) is 0 Å². The van der Waals surface area contributed by atoms with Crippen molar-refractivity contribution in [3.05, 3.63) is 29.3 Å². The van der Waals surface area contributed by atoms with Crippen LogP contribution in [-0.4, -0.2) is 22.7 Å². The van der Waals surface area contributed by atoms with Crippen molar-refractivity contribution >= 4 is 11.8 Å². The lowest BCUT2D eigenvalue weighted by molar-refractivity contribution is 0.469. The minimum atomic E-state index is 0.421. The van der Waals surface area contributed by atoms with Gasteiger partial charge >= 0.3 is 0 Å². The molecule has 2 atom stereocenters. The van der Waals surface area contributed by atoms with E-state index in [0.29, 0.717) is 17.8 Å². The minimum absolute atomic E-state index is 0.421. The zero-order chi connectivity index (χ0) is 12.3. The molecule has 1 aliphatic rings. The highest BCUT2D eigenvalue weighted by molar-refractivity contribution is 7.99. The molecule has 2 rings (SSSR count). The Morgan fingerprint density at radius 3 is 3.12 bits per heavy atom. The summed E-state index contributed by atoms with van der Waals surface area (Å²) >= 11 is 1.97. The van der Waals surface area contributed by atoms with Crippen molar-refractivity contribution in [2.45, 2.75) is 38.8 Å². The third kappa shape index (κ3) is 2.96. The van der Waals surface area contributed by atoms with E-state index in [9.17, 15) is 5.11 Å². The van der Waals surface area contributed by atoms with Crippen LogP contribution >= 0.6 is 11.8 Å². The standard InChI is InChI=1S/C14H21NOS/c1-3-17-9-10(2)15-13-8-7-12-11(13)5-4-6-14(12)16/h4-6,10,13,15-16H,3,7-9H2,1-2H3. The van der Waals surface area contributed by atoms with Crippen LogP contribution in [0.15, 0.2) is 18.2 Å². The number of fused-ring (bicyclic) bond motifs is 1. The molecule has 2 unspecified atom stereocenters. The smallest absolute Gasteiger partial charge is 0.119 e. The first-order valence-electron chi connectivity index (χ1n) is 6.37. The topological polar surface area (TPSA) is 32.3 Å². The lowest BCUT2D eigenvalue weighted by Crippen LogP contribution is -2.31. The molecule has 0 saturated carbocycles. The van der Waals surface area contributed by atoms with Crippen molar-refractivity contribution in [2.24, 2.45) is 0 Å². The molecular weight excluding hydrogens is 230 g/mol. The van der Waals surface area contributed by atoms with E-state index in [-0.39, 0.29) is 0 Å². The van der Waals surface area contributed by atoms with E-state index < -0.39 is 0 Å². The second-order valence-electron chi connectivity index (χ2n) is 4.66. The molecule has 0 heterocycles. The summed E-state index contributed by atoms with van der Waals surface area (Å²) in [4.78, 5) is 0. The van der Waals surface area contributed by atoms with Crippen LogP contribution in [0.3, 0.4) is 0 Å². The number of nitrogens with one attached hydrogen (secondary N) is 1. The van der Waals surface area contributed by atoms with E-state index in [1.807, 2.05) is 17.8 Å². The molecule has 17 heavy (non-hydrogen) atoms. The molecule has 0 aliphatic heterocycles. The molecule has 1 aromatic carbocycles. The van der Waals surface area contributed by atoms with E-state index in [1.54, 1.807) is 6.07 Å². The fraction of sp³-hybridized carbons (Fsp3) is 0.571. The number of hydrogen-bond donors (Lipinski definition) is 2. The van der Waals surface area contributed by atoms with E-state index >= 15 is 0 Å². The molecule has 2 N–H and O–H groups in total. The summed E-state index contributed by atoms with van der Waals surface area (Å²) in [7, 11) is 0. The fourth-order valence-electron chi connectivity index (χ4n) is 2.49. The van der Waals surface area contributed by atoms with Gasteiger partial charge in [-0.15, -0.1) is 0 Å². The molecule has 94 valence electrons. The molecule has 0 saturated heterocycles. The average Bonchev–Trinajstić information content (AvgIpc) is 2.71. The summed E-state index contributed by atoms with van der Waals surface area (Å²) in [6.45, 7) is 4.43. The van der Waals surface area contributed by atoms with Crippen molar-refractivity contribution in [2.75, 3.05) is 11.5 Å². The maximum absolute atomic E-state index is 9.79. The first kappa shape index (κ1) is 12.8. The van der Waals surface area contributed by atoms with Crippen LogP contribution in [0, 0.1) is 0 Å². The summed E-state index contributed by atoms with van der Waals surface area (Å²) in [5.74, 6) is 2.79. The van der Waals surface area contributed by atoms with Gasteiger partial charge in [0, 0.05) is 17.8 Å². The van der Waals surface area contributed by atoms with E-state index in [2.05, 4.69) is 25.2 Å². The lowest BCUT2D eigenvalue weighted by Gasteiger charge is -2.20. The van der Waals surface area contributed by atoms with Crippen LogP contribution in [0.4, 0.5) is 0 Å². The molecular formula is C14H21NOS. The van der Waals surface area contributed by atoms with Crippen molar-refractivity contribution in [1.29, 1.82) is 0 Å². The first-order valence-corrected chi connectivity index (χ1v) is 7.52. The highest BCUT2D eigenvalue weighted by atomic mass is 32.2. The van der Waals surface area contributed by atoms with Crippen molar-refractivity contribution < 1.29 is 5.11 Å². The van der Waals surface area contributed by atoms with Crippen LogP contribution in [0.2, 0.25) is 0 Å². The third-order valence-electron chi connectivity index (χ3n) is 3.30. The van der Waals surface area contributed by atoms with Gasteiger partial charge in [-0.1, -0.05) is 19.1 Å². The maximum Gasteiger partial charge on any atom is 0.119 e. The number of rotatable bonds is 5. The van der Waals surface area contributed by atoms with E-state index in [1.165, 1.54) is 11.3 Å². The van der Waals surface area contributed by atoms with E-state index in [4.69, 9.17) is 0 Å². The molecule has 2 nitrogen and oxygen atoms in total. The Balaban J connectivity index is 2.00. The summed E-state index contributed by atoms with van der Waals surface area (Å²) < 4.78 is 0.